The number of hydrogen-bond donors (Lipinski definition) is 3. The third-order valence-corrected chi connectivity index (χ3v) is 3.61. The smallest absolute Gasteiger partial charge is 0.303 e. The molecule has 21 heavy (non-hydrogen) atoms. The molecule has 0 aromatic heterocycles. The van der Waals surface area contributed by atoms with Crippen LogP contribution in [0, 0.1) is 0 Å². The third kappa shape index (κ3) is 2.50. The van der Waals surface area contributed by atoms with Crippen molar-refractivity contribution in [3.63, 3.8) is 0 Å². The van der Waals surface area contributed by atoms with Crippen LogP contribution >= 0.6 is 0 Å². The predicted molar refractivity (Wildman–Crippen MR) is 75.0 cm³/mol. The highest BCUT2D eigenvalue weighted by Gasteiger charge is 2.28. The number of carboxylic acids is 1. The van der Waals surface area contributed by atoms with Crippen LogP contribution in [0.2, 0.25) is 0 Å². The molecule has 2 aromatic rings. The van der Waals surface area contributed by atoms with Crippen molar-refractivity contribution in [3.05, 3.63) is 47.5 Å². The van der Waals surface area contributed by atoms with E-state index in [1.165, 1.54) is 12.1 Å². The summed E-state index contributed by atoms with van der Waals surface area (Å²) in [6.45, 7) is 0. The summed E-state index contributed by atoms with van der Waals surface area (Å²) in [6, 6.07) is 9.59. The van der Waals surface area contributed by atoms with Gasteiger partial charge in [-0.25, -0.2) is 0 Å². The Morgan fingerprint density at radius 1 is 1.00 bits per heavy atom. The van der Waals surface area contributed by atoms with E-state index >= 15 is 0 Å². The van der Waals surface area contributed by atoms with Crippen LogP contribution in [0.3, 0.4) is 0 Å². The molecule has 3 N–H and O–H groups in total. The second kappa shape index (κ2) is 5.01. The van der Waals surface area contributed by atoms with Gasteiger partial charge >= 0.3 is 5.97 Å². The van der Waals surface area contributed by atoms with Crippen LogP contribution in [0.15, 0.2) is 36.4 Å². The number of rotatable bonds is 3. The molecule has 3 rings (SSSR count). The van der Waals surface area contributed by atoms with Crippen LogP contribution in [0.4, 0.5) is 0 Å². The molecule has 1 heterocycles. The summed E-state index contributed by atoms with van der Waals surface area (Å²) >= 11 is 0. The van der Waals surface area contributed by atoms with Gasteiger partial charge in [-0.15, -0.1) is 0 Å². The first-order valence-electron chi connectivity index (χ1n) is 6.60. The lowest BCUT2D eigenvalue weighted by molar-refractivity contribution is -0.137. The normalized spacial score (nSPS) is 13.1. The van der Waals surface area contributed by atoms with Gasteiger partial charge in [-0.3, -0.25) is 4.79 Å². The number of phenols is 2. The fourth-order valence-corrected chi connectivity index (χ4v) is 2.66. The van der Waals surface area contributed by atoms with Crippen molar-refractivity contribution in [2.24, 2.45) is 0 Å². The van der Waals surface area contributed by atoms with E-state index in [2.05, 4.69) is 0 Å². The van der Waals surface area contributed by atoms with Crippen molar-refractivity contribution in [2.45, 2.75) is 18.8 Å². The molecule has 1 aliphatic rings. The minimum absolute atomic E-state index is 0.0330. The van der Waals surface area contributed by atoms with E-state index in [1.54, 1.807) is 24.3 Å². The number of ether oxygens (including phenoxy) is 1. The minimum atomic E-state index is -0.859. The van der Waals surface area contributed by atoms with E-state index in [4.69, 9.17) is 9.84 Å². The molecule has 0 saturated heterocycles. The average molecular weight is 286 g/mol. The van der Waals surface area contributed by atoms with Gasteiger partial charge in [0.25, 0.3) is 0 Å². The second-order valence-electron chi connectivity index (χ2n) is 5.03. The van der Waals surface area contributed by atoms with Gasteiger partial charge in [0.05, 0.1) is 0 Å². The zero-order valence-corrected chi connectivity index (χ0v) is 11.1. The fourth-order valence-electron chi connectivity index (χ4n) is 2.66. The van der Waals surface area contributed by atoms with Crippen molar-refractivity contribution >= 4 is 5.97 Å². The summed E-state index contributed by atoms with van der Waals surface area (Å²) in [5, 5.41) is 28.1. The molecule has 5 nitrogen and oxygen atoms in total. The van der Waals surface area contributed by atoms with Crippen LogP contribution in [-0.2, 0) is 4.79 Å². The fraction of sp³-hybridized carbons (Fsp3) is 0.188. The lowest BCUT2D eigenvalue weighted by atomic mass is 9.84. The second-order valence-corrected chi connectivity index (χ2v) is 5.03. The first-order chi connectivity index (χ1) is 10.0. The lowest BCUT2D eigenvalue weighted by Crippen LogP contribution is -2.11. The van der Waals surface area contributed by atoms with E-state index in [1.807, 2.05) is 0 Å². The molecule has 0 saturated carbocycles. The summed E-state index contributed by atoms with van der Waals surface area (Å²) in [4.78, 5) is 10.9. The lowest BCUT2D eigenvalue weighted by Gasteiger charge is -2.28. The Morgan fingerprint density at radius 2 is 1.52 bits per heavy atom. The topological polar surface area (TPSA) is 87.0 Å². The van der Waals surface area contributed by atoms with Crippen LogP contribution in [-0.4, -0.2) is 21.3 Å². The molecule has 1 aliphatic heterocycles. The Labute approximate surface area is 121 Å². The number of carbonyl (C=O) groups is 1. The van der Waals surface area contributed by atoms with Gasteiger partial charge < -0.3 is 20.1 Å². The van der Waals surface area contributed by atoms with E-state index < -0.39 is 5.97 Å². The summed E-state index contributed by atoms with van der Waals surface area (Å²) in [6.07, 6.45) is 0.458. The number of benzene rings is 2. The van der Waals surface area contributed by atoms with Crippen LogP contribution in [0.25, 0.3) is 0 Å². The molecular formula is C16H14O5. The zero-order valence-electron chi connectivity index (χ0n) is 11.1. The Kier molecular flexibility index (Phi) is 3.17. The molecule has 2 aromatic carbocycles. The average Bonchev–Trinajstić information content (AvgIpc) is 2.42. The van der Waals surface area contributed by atoms with E-state index in [0.717, 1.165) is 11.1 Å². The maximum atomic E-state index is 10.9. The van der Waals surface area contributed by atoms with Crippen LogP contribution in [0.5, 0.6) is 23.0 Å². The number of aromatic hydroxyl groups is 2. The maximum absolute atomic E-state index is 10.9. The van der Waals surface area contributed by atoms with Gasteiger partial charge in [0.1, 0.15) is 23.0 Å². The Bertz CT molecular complexity index is 656. The van der Waals surface area contributed by atoms with Crippen molar-refractivity contribution in [3.8, 4) is 23.0 Å². The first kappa shape index (κ1) is 13.3. The molecule has 0 atom stereocenters. The zero-order chi connectivity index (χ0) is 15.0. The molecule has 0 fully saturated rings. The summed E-state index contributed by atoms with van der Waals surface area (Å²) in [5.74, 6) is 0.138. The number of hydrogen-bond acceptors (Lipinski definition) is 4. The molecule has 5 heteroatoms. The number of phenolic OH excluding ortho intramolecular Hbond substituents is 2. The molecule has 0 unspecified atom stereocenters. The molecule has 0 amide bonds. The molecule has 0 spiro atoms. The van der Waals surface area contributed by atoms with E-state index in [0.29, 0.717) is 17.9 Å². The Hall–Kier alpha value is -2.69. The molecule has 108 valence electrons. The van der Waals surface area contributed by atoms with E-state index in [-0.39, 0.29) is 23.8 Å². The standard InChI is InChI=1S/C16H14O5/c17-9-1-3-12-11(5-6-16(19)20)13-4-2-10(18)8-15(13)21-14(12)7-9/h1-4,7-8,11,17-18H,5-6H2,(H,19,20). The van der Waals surface area contributed by atoms with Crippen LogP contribution < -0.4 is 4.74 Å². The Balaban J connectivity index is 2.07. The Morgan fingerprint density at radius 3 is 2.00 bits per heavy atom. The van der Waals surface area contributed by atoms with Gasteiger partial charge in [0.15, 0.2) is 0 Å². The van der Waals surface area contributed by atoms with Gasteiger partial charge in [-0.2, -0.15) is 0 Å². The first-order valence-corrected chi connectivity index (χ1v) is 6.60. The number of aliphatic carboxylic acids is 1. The third-order valence-electron chi connectivity index (χ3n) is 3.61. The van der Waals surface area contributed by atoms with Gasteiger partial charge in [0, 0.05) is 35.6 Å². The molecule has 0 aliphatic carbocycles. The molecular weight excluding hydrogens is 272 g/mol. The maximum Gasteiger partial charge on any atom is 0.303 e. The van der Waals surface area contributed by atoms with Gasteiger partial charge in [-0.1, -0.05) is 12.1 Å². The van der Waals surface area contributed by atoms with Crippen molar-refractivity contribution in [1.29, 1.82) is 0 Å². The van der Waals surface area contributed by atoms with Crippen molar-refractivity contribution in [1.82, 2.24) is 0 Å². The van der Waals surface area contributed by atoms with Crippen LogP contribution in [0.1, 0.15) is 29.9 Å². The summed E-state index contributed by atoms with van der Waals surface area (Å²) in [5.41, 5.74) is 1.68. The number of fused-ring (bicyclic) bond motifs is 2. The highest BCUT2D eigenvalue weighted by Crippen LogP contribution is 2.47. The number of carboxylic acid groups (broad SMARTS) is 1. The molecule has 0 radical (unpaired) electrons. The minimum Gasteiger partial charge on any atom is -0.508 e. The molecule has 0 bridgehead atoms. The van der Waals surface area contributed by atoms with Crippen molar-refractivity contribution in [2.75, 3.05) is 0 Å². The summed E-state index contributed by atoms with van der Waals surface area (Å²) < 4.78 is 5.71. The van der Waals surface area contributed by atoms with Gasteiger partial charge in [-0.05, 0) is 18.6 Å². The summed E-state index contributed by atoms with van der Waals surface area (Å²) in [7, 11) is 0. The van der Waals surface area contributed by atoms with Gasteiger partial charge in [0.2, 0.25) is 0 Å². The monoisotopic (exact) mass is 286 g/mol. The predicted octanol–water partition coefficient (Wildman–Crippen LogP) is 3.20. The quantitative estimate of drug-likeness (QED) is 0.806. The van der Waals surface area contributed by atoms with E-state index in [9.17, 15) is 15.0 Å². The van der Waals surface area contributed by atoms with Crippen molar-refractivity contribution < 1.29 is 24.9 Å². The SMILES string of the molecule is O=C(O)CCC1c2ccc(O)cc2Oc2cc(O)ccc21. The largest absolute Gasteiger partial charge is 0.508 e. The highest BCUT2D eigenvalue weighted by molar-refractivity contribution is 5.67. The highest BCUT2D eigenvalue weighted by atomic mass is 16.5.